The number of ether oxygens (including phenoxy) is 1. The average Bonchev–Trinajstić information content (AvgIpc) is 3.18. The number of rotatable bonds is 3. The number of aromatic nitrogens is 3. The second-order valence-electron chi connectivity index (χ2n) is 7.32. The number of halogens is 3. The SMILES string of the molecule is Cn1cnnc1-c1sc(-c2ccc(C(F)(F)F)cc2)cc1NC(=O)OC(C)(C)C. The Morgan fingerprint density at radius 2 is 1.83 bits per heavy atom. The Hall–Kier alpha value is -2.88. The number of nitrogens with zero attached hydrogens (tertiary/aromatic N) is 3. The van der Waals surface area contributed by atoms with Crippen molar-refractivity contribution in [1.29, 1.82) is 0 Å². The largest absolute Gasteiger partial charge is 0.444 e. The van der Waals surface area contributed by atoms with Gasteiger partial charge in [0.1, 0.15) is 11.9 Å². The molecule has 1 amide bonds. The predicted molar refractivity (Wildman–Crippen MR) is 105 cm³/mol. The first kappa shape index (κ1) is 20.8. The Labute approximate surface area is 169 Å². The molecule has 1 aromatic carbocycles. The number of nitrogens with one attached hydrogen (secondary N) is 1. The average molecular weight is 424 g/mol. The van der Waals surface area contributed by atoms with Gasteiger partial charge in [0.25, 0.3) is 0 Å². The van der Waals surface area contributed by atoms with E-state index in [0.29, 0.717) is 26.8 Å². The van der Waals surface area contributed by atoms with E-state index in [9.17, 15) is 18.0 Å². The van der Waals surface area contributed by atoms with Crippen molar-refractivity contribution < 1.29 is 22.7 Å². The normalized spacial score (nSPS) is 12.1. The number of carbonyl (C=O) groups is 1. The summed E-state index contributed by atoms with van der Waals surface area (Å²) in [5.74, 6) is 0.513. The molecule has 0 spiro atoms. The lowest BCUT2D eigenvalue weighted by Gasteiger charge is -2.19. The summed E-state index contributed by atoms with van der Waals surface area (Å²) in [6, 6.07) is 6.52. The summed E-state index contributed by atoms with van der Waals surface area (Å²) < 4.78 is 45.4. The van der Waals surface area contributed by atoms with E-state index in [4.69, 9.17) is 4.74 Å². The number of thiophene rings is 1. The standard InChI is InChI=1S/C19H19F3N4O2S/c1-18(2,3)28-17(27)24-13-9-14(29-15(13)16-25-23-10-26(16)4)11-5-7-12(8-6-11)19(20,21)22/h5-10H,1-4H3,(H,24,27). The Kier molecular flexibility index (Phi) is 5.40. The molecule has 2 heterocycles. The molecular weight excluding hydrogens is 405 g/mol. The zero-order valence-corrected chi connectivity index (χ0v) is 17.0. The van der Waals surface area contributed by atoms with Crippen LogP contribution in [0.15, 0.2) is 36.7 Å². The van der Waals surface area contributed by atoms with Crippen molar-refractivity contribution in [2.24, 2.45) is 7.05 Å². The molecule has 0 aliphatic carbocycles. The van der Waals surface area contributed by atoms with E-state index in [0.717, 1.165) is 12.1 Å². The molecule has 0 unspecified atom stereocenters. The zero-order valence-electron chi connectivity index (χ0n) is 16.2. The van der Waals surface area contributed by atoms with Gasteiger partial charge >= 0.3 is 12.3 Å². The minimum atomic E-state index is -4.40. The molecule has 0 saturated carbocycles. The maximum absolute atomic E-state index is 12.8. The second-order valence-corrected chi connectivity index (χ2v) is 8.37. The third-order valence-corrected chi connectivity index (χ3v) is 4.96. The molecule has 6 nitrogen and oxygen atoms in total. The fourth-order valence-electron chi connectivity index (χ4n) is 2.52. The van der Waals surface area contributed by atoms with E-state index in [1.54, 1.807) is 38.5 Å². The molecule has 0 radical (unpaired) electrons. The zero-order chi connectivity index (χ0) is 21.4. The smallest absolute Gasteiger partial charge is 0.416 e. The van der Waals surface area contributed by atoms with E-state index in [1.807, 2.05) is 0 Å². The highest BCUT2D eigenvalue weighted by molar-refractivity contribution is 7.19. The van der Waals surface area contributed by atoms with Crippen LogP contribution >= 0.6 is 11.3 Å². The van der Waals surface area contributed by atoms with Crippen LogP contribution in [0.25, 0.3) is 21.1 Å². The van der Waals surface area contributed by atoms with E-state index < -0.39 is 23.4 Å². The van der Waals surface area contributed by atoms with Crippen LogP contribution < -0.4 is 5.32 Å². The summed E-state index contributed by atoms with van der Waals surface area (Å²) >= 11 is 1.28. The van der Waals surface area contributed by atoms with Gasteiger partial charge in [-0.3, -0.25) is 5.32 Å². The van der Waals surface area contributed by atoms with Crippen LogP contribution in [0.2, 0.25) is 0 Å². The van der Waals surface area contributed by atoms with Gasteiger partial charge in [0.15, 0.2) is 5.82 Å². The van der Waals surface area contributed by atoms with Crippen LogP contribution in [0, 0.1) is 0 Å². The van der Waals surface area contributed by atoms with Crippen LogP contribution in [0.1, 0.15) is 26.3 Å². The number of carbonyl (C=O) groups excluding carboxylic acids is 1. The van der Waals surface area contributed by atoms with Gasteiger partial charge in [-0.2, -0.15) is 13.2 Å². The van der Waals surface area contributed by atoms with Gasteiger partial charge in [-0.05, 0) is 44.5 Å². The molecule has 0 fully saturated rings. The number of anilines is 1. The topological polar surface area (TPSA) is 69.0 Å². The van der Waals surface area contributed by atoms with E-state index in [-0.39, 0.29) is 0 Å². The Morgan fingerprint density at radius 1 is 1.17 bits per heavy atom. The highest BCUT2D eigenvalue weighted by atomic mass is 32.1. The number of aryl methyl sites for hydroxylation is 1. The van der Waals surface area contributed by atoms with Crippen molar-refractivity contribution in [2.45, 2.75) is 32.5 Å². The van der Waals surface area contributed by atoms with Crippen molar-refractivity contribution in [2.75, 3.05) is 5.32 Å². The molecular formula is C19H19F3N4O2S. The maximum Gasteiger partial charge on any atom is 0.416 e. The molecule has 3 aromatic rings. The van der Waals surface area contributed by atoms with Gasteiger partial charge in [0, 0.05) is 11.9 Å². The first-order chi connectivity index (χ1) is 13.4. The number of hydrogen-bond donors (Lipinski definition) is 1. The van der Waals surface area contributed by atoms with Crippen molar-refractivity contribution >= 4 is 23.1 Å². The number of alkyl halides is 3. The highest BCUT2D eigenvalue weighted by Gasteiger charge is 2.30. The molecule has 0 atom stereocenters. The van der Waals surface area contributed by atoms with Crippen molar-refractivity contribution in [3.63, 3.8) is 0 Å². The van der Waals surface area contributed by atoms with Crippen LogP contribution in [0.5, 0.6) is 0 Å². The monoisotopic (exact) mass is 424 g/mol. The highest BCUT2D eigenvalue weighted by Crippen LogP contribution is 2.41. The van der Waals surface area contributed by atoms with E-state index in [2.05, 4.69) is 15.5 Å². The van der Waals surface area contributed by atoms with Crippen molar-refractivity contribution in [3.8, 4) is 21.1 Å². The summed E-state index contributed by atoms with van der Waals surface area (Å²) in [6.45, 7) is 5.24. The summed E-state index contributed by atoms with van der Waals surface area (Å²) in [5.41, 5.74) is -0.376. The van der Waals surface area contributed by atoms with Gasteiger partial charge in [0.2, 0.25) is 0 Å². The predicted octanol–water partition coefficient (Wildman–Crippen LogP) is 5.58. The molecule has 1 N–H and O–H groups in total. The minimum Gasteiger partial charge on any atom is -0.444 e. The fraction of sp³-hybridized carbons (Fsp3) is 0.316. The molecule has 10 heteroatoms. The third kappa shape index (κ3) is 4.94. The molecule has 0 aliphatic rings. The summed E-state index contributed by atoms with van der Waals surface area (Å²) in [7, 11) is 1.75. The summed E-state index contributed by atoms with van der Waals surface area (Å²) in [5, 5.41) is 10.6. The molecule has 2 aromatic heterocycles. The van der Waals surface area contributed by atoms with Gasteiger partial charge < -0.3 is 9.30 Å². The number of benzene rings is 1. The van der Waals surface area contributed by atoms with Gasteiger partial charge in [-0.1, -0.05) is 12.1 Å². The molecule has 29 heavy (non-hydrogen) atoms. The van der Waals surface area contributed by atoms with Crippen LogP contribution in [0.4, 0.5) is 23.7 Å². The summed E-state index contributed by atoms with van der Waals surface area (Å²) in [4.78, 5) is 13.5. The number of amides is 1. The Bertz CT molecular complexity index is 1020. The van der Waals surface area contributed by atoms with Gasteiger partial charge in [0.05, 0.1) is 16.1 Å². The Morgan fingerprint density at radius 3 is 2.34 bits per heavy atom. The molecule has 0 aliphatic heterocycles. The lowest BCUT2D eigenvalue weighted by atomic mass is 10.1. The van der Waals surface area contributed by atoms with Gasteiger partial charge in [-0.15, -0.1) is 21.5 Å². The lowest BCUT2D eigenvalue weighted by molar-refractivity contribution is -0.137. The number of hydrogen-bond acceptors (Lipinski definition) is 5. The summed E-state index contributed by atoms with van der Waals surface area (Å²) in [6.07, 6.45) is -3.52. The molecule has 0 bridgehead atoms. The first-order valence-corrected chi connectivity index (χ1v) is 9.41. The first-order valence-electron chi connectivity index (χ1n) is 8.60. The Balaban J connectivity index is 1.98. The molecule has 3 rings (SSSR count). The van der Waals surface area contributed by atoms with Crippen LogP contribution in [-0.2, 0) is 18.0 Å². The second kappa shape index (κ2) is 7.51. The quantitative estimate of drug-likeness (QED) is 0.596. The van der Waals surface area contributed by atoms with Crippen molar-refractivity contribution in [1.82, 2.24) is 14.8 Å². The van der Waals surface area contributed by atoms with Crippen LogP contribution in [-0.4, -0.2) is 26.5 Å². The van der Waals surface area contributed by atoms with Crippen molar-refractivity contribution in [3.05, 3.63) is 42.2 Å². The minimum absolute atomic E-state index is 0.440. The van der Waals surface area contributed by atoms with Gasteiger partial charge in [-0.25, -0.2) is 4.79 Å². The van der Waals surface area contributed by atoms with E-state index in [1.165, 1.54) is 29.8 Å². The fourth-order valence-corrected chi connectivity index (χ4v) is 3.66. The van der Waals surface area contributed by atoms with E-state index >= 15 is 0 Å². The maximum atomic E-state index is 12.8. The third-order valence-electron chi connectivity index (χ3n) is 3.78. The van der Waals surface area contributed by atoms with Crippen LogP contribution in [0.3, 0.4) is 0 Å². The molecule has 0 saturated heterocycles. The molecule has 154 valence electrons. The lowest BCUT2D eigenvalue weighted by Crippen LogP contribution is -2.27.